The van der Waals surface area contributed by atoms with Gasteiger partial charge in [-0.2, -0.15) is 0 Å². The molecular formula is C16H22N2O3. The van der Waals surface area contributed by atoms with E-state index in [9.17, 15) is 0 Å². The normalized spacial score (nSPS) is 23.9. The summed E-state index contributed by atoms with van der Waals surface area (Å²) in [5.41, 5.74) is 1.22. The number of hydrazine groups is 1. The van der Waals surface area contributed by atoms with Gasteiger partial charge in [0.05, 0.1) is 27.4 Å². The summed E-state index contributed by atoms with van der Waals surface area (Å²) < 4.78 is 16.3. The minimum Gasteiger partial charge on any atom is -0.499 e. The van der Waals surface area contributed by atoms with Gasteiger partial charge in [0, 0.05) is 19.6 Å². The van der Waals surface area contributed by atoms with E-state index in [1.165, 1.54) is 5.56 Å². The molecule has 0 amide bonds. The van der Waals surface area contributed by atoms with E-state index in [0.29, 0.717) is 0 Å². The Hall–Kier alpha value is -1.56. The predicted octanol–water partition coefficient (Wildman–Crippen LogP) is 1.83. The molecule has 5 nitrogen and oxygen atoms in total. The van der Waals surface area contributed by atoms with Gasteiger partial charge in [-0.05, 0) is 23.8 Å². The molecule has 0 spiro atoms. The molecular weight excluding hydrogens is 268 g/mol. The van der Waals surface area contributed by atoms with Crippen molar-refractivity contribution >= 4 is 0 Å². The Morgan fingerprint density at radius 2 is 1.76 bits per heavy atom. The van der Waals surface area contributed by atoms with Crippen LogP contribution >= 0.6 is 0 Å². The Morgan fingerprint density at radius 1 is 1.05 bits per heavy atom. The van der Waals surface area contributed by atoms with Crippen LogP contribution in [0, 0.1) is 0 Å². The van der Waals surface area contributed by atoms with Crippen molar-refractivity contribution in [2.45, 2.75) is 6.04 Å². The Morgan fingerprint density at radius 3 is 2.38 bits per heavy atom. The highest BCUT2D eigenvalue weighted by atomic mass is 16.5. The van der Waals surface area contributed by atoms with E-state index < -0.39 is 0 Å². The quantitative estimate of drug-likeness (QED) is 0.845. The van der Waals surface area contributed by atoms with Gasteiger partial charge < -0.3 is 14.2 Å². The highest BCUT2D eigenvalue weighted by Crippen LogP contribution is 2.35. The first kappa shape index (κ1) is 14.4. The zero-order valence-corrected chi connectivity index (χ0v) is 12.6. The topological polar surface area (TPSA) is 34.2 Å². The molecule has 1 atom stereocenters. The molecule has 1 aromatic carbocycles. The summed E-state index contributed by atoms with van der Waals surface area (Å²) in [7, 11) is 3.43. The maximum absolute atomic E-state index is 5.59. The van der Waals surface area contributed by atoms with Gasteiger partial charge in [0.1, 0.15) is 17.6 Å². The zero-order valence-electron chi connectivity index (χ0n) is 12.6. The van der Waals surface area contributed by atoms with E-state index in [4.69, 9.17) is 14.2 Å². The van der Waals surface area contributed by atoms with E-state index in [-0.39, 0.29) is 6.04 Å². The largest absolute Gasteiger partial charge is 0.499 e. The molecule has 2 aliphatic rings. The molecule has 1 saturated heterocycles. The molecule has 0 aromatic heterocycles. The fourth-order valence-corrected chi connectivity index (χ4v) is 2.95. The molecule has 0 saturated carbocycles. The third-order valence-corrected chi connectivity index (χ3v) is 4.07. The van der Waals surface area contributed by atoms with Crippen molar-refractivity contribution in [3.05, 3.63) is 41.7 Å². The Balaban J connectivity index is 1.83. The Bertz CT molecular complexity index is 495. The molecule has 0 radical (unpaired) electrons. The van der Waals surface area contributed by atoms with Gasteiger partial charge in [-0.25, -0.2) is 10.0 Å². The van der Waals surface area contributed by atoms with Crippen LogP contribution in [-0.2, 0) is 9.47 Å². The molecule has 1 aromatic rings. The van der Waals surface area contributed by atoms with Crippen molar-refractivity contribution in [2.24, 2.45) is 0 Å². The fourth-order valence-electron chi connectivity index (χ4n) is 2.95. The van der Waals surface area contributed by atoms with Crippen LogP contribution in [0.3, 0.4) is 0 Å². The average molecular weight is 290 g/mol. The van der Waals surface area contributed by atoms with Crippen LogP contribution in [0.15, 0.2) is 36.1 Å². The highest BCUT2D eigenvalue weighted by molar-refractivity contribution is 5.34. The van der Waals surface area contributed by atoms with Gasteiger partial charge in [0.15, 0.2) is 0 Å². The van der Waals surface area contributed by atoms with E-state index in [1.807, 2.05) is 12.1 Å². The average Bonchev–Trinajstić information content (AvgIpc) is 2.99. The summed E-state index contributed by atoms with van der Waals surface area (Å²) in [4.78, 5) is 0. The number of methoxy groups -OCH3 is 2. The molecule has 3 rings (SSSR count). The van der Waals surface area contributed by atoms with Crippen LogP contribution in [0.5, 0.6) is 5.75 Å². The van der Waals surface area contributed by atoms with Crippen LogP contribution in [0.25, 0.3) is 0 Å². The van der Waals surface area contributed by atoms with Crippen LogP contribution < -0.4 is 4.74 Å². The molecule has 1 fully saturated rings. The summed E-state index contributed by atoms with van der Waals surface area (Å²) in [6, 6.07) is 8.35. The molecule has 0 bridgehead atoms. The van der Waals surface area contributed by atoms with E-state index in [2.05, 4.69) is 28.2 Å². The van der Waals surface area contributed by atoms with Crippen molar-refractivity contribution in [1.82, 2.24) is 10.0 Å². The Kier molecular flexibility index (Phi) is 4.43. The lowest BCUT2D eigenvalue weighted by molar-refractivity contribution is -0.0999. The summed E-state index contributed by atoms with van der Waals surface area (Å²) in [5.74, 6) is 1.88. The SMILES string of the molecule is COC1=CCN(N2CCOCC2)C1c1ccc(OC)cc1. The van der Waals surface area contributed by atoms with E-state index >= 15 is 0 Å². The number of benzene rings is 1. The smallest absolute Gasteiger partial charge is 0.118 e. The number of hydrogen-bond acceptors (Lipinski definition) is 5. The Labute approximate surface area is 125 Å². The van der Waals surface area contributed by atoms with Gasteiger partial charge in [-0.1, -0.05) is 12.1 Å². The van der Waals surface area contributed by atoms with Gasteiger partial charge in [0.2, 0.25) is 0 Å². The first-order valence-corrected chi connectivity index (χ1v) is 7.30. The van der Waals surface area contributed by atoms with Gasteiger partial charge >= 0.3 is 0 Å². The molecule has 21 heavy (non-hydrogen) atoms. The van der Waals surface area contributed by atoms with Crippen molar-refractivity contribution in [2.75, 3.05) is 47.1 Å². The molecule has 2 aliphatic heterocycles. The predicted molar refractivity (Wildman–Crippen MR) is 79.9 cm³/mol. The maximum atomic E-state index is 5.59. The number of rotatable bonds is 4. The first-order chi connectivity index (χ1) is 10.3. The summed E-state index contributed by atoms with van der Waals surface area (Å²) in [6.07, 6.45) is 2.16. The van der Waals surface area contributed by atoms with Crippen LogP contribution in [-0.4, -0.2) is 57.1 Å². The van der Waals surface area contributed by atoms with Crippen molar-refractivity contribution in [3.8, 4) is 5.75 Å². The second-order valence-electron chi connectivity index (χ2n) is 5.17. The molecule has 5 heteroatoms. The van der Waals surface area contributed by atoms with E-state index in [0.717, 1.165) is 44.4 Å². The zero-order chi connectivity index (χ0) is 14.7. The number of hydrogen-bond donors (Lipinski definition) is 0. The van der Waals surface area contributed by atoms with E-state index in [1.54, 1.807) is 14.2 Å². The van der Waals surface area contributed by atoms with Crippen LogP contribution in [0.1, 0.15) is 11.6 Å². The summed E-state index contributed by atoms with van der Waals surface area (Å²) >= 11 is 0. The minimum atomic E-state index is 0.138. The molecule has 0 aliphatic carbocycles. The molecule has 2 heterocycles. The molecule has 1 unspecified atom stereocenters. The number of nitrogens with zero attached hydrogens (tertiary/aromatic N) is 2. The highest BCUT2D eigenvalue weighted by Gasteiger charge is 2.34. The standard InChI is InChI=1S/C16H22N2O3/c1-19-14-5-3-13(4-6-14)16-15(20-2)7-8-18(16)17-9-11-21-12-10-17/h3-7,16H,8-12H2,1-2H3. The molecule has 0 N–H and O–H groups in total. The minimum absolute atomic E-state index is 0.138. The first-order valence-electron chi connectivity index (χ1n) is 7.30. The third-order valence-electron chi connectivity index (χ3n) is 4.07. The van der Waals surface area contributed by atoms with Crippen molar-refractivity contribution < 1.29 is 14.2 Å². The molecule has 114 valence electrons. The lowest BCUT2D eigenvalue weighted by atomic mass is 10.1. The maximum Gasteiger partial charge on any atom is 0.118 e. The second-order valence-corrected chi connectivity index (χ2v) is 5.17. The fraction of sp³-hybridized carbons (Fsp3) is 0.500. The lowest BCUT2D eigenvalue weighted by Gasteiger charge is -2.39. The van der Waals surface area contributed by atoms with Gasteiger partial charge in [-0.15, -0.1) is 0 Å². The lowest BCUT2D eigenvalue weighted by Crippen LogP contribution is -2.49. The van der Waals surface area contributed by atoms with Crippen molar-refractivity contribution in [1.29, 1.82) is 0 Å². The summed E-state index contributed by atoms with van der Waals surface area (Å²) in [5, 5.41) is 4.73. The second kappa shape index (κ2) is 6.47. The van der Waals surface area contributed by atoms with Gasteiger partial charge in [-0.3, -0.25) is 0 Å². The number of ether oxygens (including phenoxy) is 3. The number of morpholine rings is 1. The van der Waals surface area contributed by atoms with Gasteiger partial charge in [0.25, 0.3) is 0 Å². The summed E-state index contributed by atoms with van der Waals surface area (Å²) in [6.45, 7) is 4.30. The monoisotopic (exact) mass is 290 g/mol. The van der Waals surface area contributed by atoms with Crippen LogP contribution in [0.4, 0.5) is 0 Å². The van der Waals surface area contributed by atoms with Crippen LogP contribution in [0.2, 0.25) is 0 Å². The third kappa shape index (κ3) is 2.90. The van der Waals surface area contributed by atoms with Crippen molar-refractivity contribution in [3.63, 3.8) is 0 Å².